The second-order valence-electron chi connectivity index (χ2n) is 3.98. The van der Waals surface area contributed by atoms with Crippen molar-refractivity contribution in [3.05, 3.63) is 53.8 Å². The second-order valence-corrected chi connectivity index (χ2v) is 3.98. The molecule has 0 atom stereocenters. The molecule has 0 fully saturated rings. The van der Waals surface area contributed by atoms with Crippen molar-refractivity contribution in [1.82, 2.24) is 0 Å². The predicted octanol–water partition coefficient (Wildman–Crippen LogP) is 2.92. The summed E-state index contributed by atoms with van der Waals surface area (Å²) < 4.78 is 13.4. The maximum atomic E-state index is 13.4. The molecule has 2 aromatic carbocycles. The third-order valence-electron chi connectivity index (χ3n) is 2.54. The van der Waals surface area contributed by atoms with E-state index in [1.165, 1.54) is 12.1 Å². The Balaban J connectivity index is 2.11. The zero-order valence-electron chi connectivity index (χ0n) is 10.4. The van der Waals surface area contributed by atoms with Crippen molar-refractivity contribution < 1.29 is 9.18 Å². The quantitative estimate of drug-likeness (QED) is 0.733. The number of anilines is 3. The first-order valence-corrected chi connectivity index (χ1v) is 5.72. The van der Waals surface area contributed by atoms with Gasteiger partial charge in [0.25, 0.3) is 0 Å². The Bertz CT molecular complexity index is 677. The number of benzene rings is 2. The third kappa shape index (κ3) is 3.03. The topological polar surface area (TPSA) is 90.9 Å². The molecule has 0 spiro atoms. The first-order chi connectivity index (χ1) is 9.60. The van der Waals surface area contributed by atoms with Crippen LogP contribution in [0.25, 0.3) is 0 Å². The molecule has 0 saturated heterocycles. The average Bonchev–Trinajstić information content (AvgIpc) is 2.42. The Morgan fingerprint density at radius 3 is 2.50 bits per heavy atom. The van der Waals surface area contributed by atoms with Crippen molar-refractivity contribution in [2.24, 2.45) is 0 Å². The molecule has 6 heteroatoms. The van der Waals surface area contributed by atoms with Crippen LogP contribution in [-0.4, -0.2) is 6.03 Å². The molecule has 4 N–H and O–H groups in total. The maximum Gasteiger partial charge on any atom is 0.323 e. The summed E-state index contributed by atoms with van der Waals surface area (Å²) in [5.74, 6) is -0.683. The molecule has 2 amide bonds. The van der Waals surface area contributed by atoms with Crippen LogP contribution in [0.2, 0.25) is 0 Å². The van der Waals surface area contributed by atoms with Crippen LogP contribution in [0.15, 0.2) is 42.5 Å². The molecule has 2 aromatic rings. The lowest BCUT2D eigenvalue weighted by Crippen LogP contribution is -2.20. The van der Waals surface area contributed by atoms with Crippen molar-refractivity contribution in [3.63, 3.8) is 0 Å². The number of nitrogen functional groups attached to an aromatic ring is 1. The maximum absolute atomic E-state index is 13.4. The largest absolute Gasteiger partial charge is 0.399 e. The summed E-state index contributed by atoms with van der Waals surface area (Å²) in [5.41, 5.74) is 6.54. The summed E-state index contributed by atoms with van der Waals surface area (Å²) in [6.07, 6.45) is 0. The number of nitrogens with zero attached hydrogens (tertiary/aromatic N) is 1. The summed E-state index contributed by atoms with van der Waals surface area (Å²) >= 11 is 0. The van der Waals surface area contributed by atoms with Gasteiger partial charge in [0.1, 0.15) is 17.4 Å². The van der Waals surface area contributed by atoms with Crippen molar-refractivity contribution in [1.29, 1.82) is 5.26 Å². The van der Waals surface area contributed by atoms with Gasteiger partial charge in [0, 0.05) is 11.4 Å². The normalized spacial score (nSPS) is 9.60. The highest BCUT2D eigenvalue weighted by atomic mass is 19.1. The Morgan fingerprint density at radius 1 is 1.15 bits per heavy atom. The van der Waals surface area contributed by atoms with Crippen LogP contribution < -0.4 is 16.4 Å². The minimum absolute atomic E-state index is 0.112. The Kier molecular flexibility index (Phi) is 3.82. The molecule has 2 rings (SSSR count). The van der Waals surface area contributed by atoms with Gasteiger partial charge in [0.05, 0.1) is 5.69 Å². The van der Waals surface area contributed by atoms with Crippen LogP contribution in [0.5, 0.6) is 0 Å². The minimum atomic E-state index is -0.683. The van der Waals surface area contributed by atoms with Crippen LogP contribution >= 0.6 is 0 Å². The number of carbonyl (C=O) groups excluding carboxylic acids is 1. The zero-order valence-corrected chi connectivity index (χ0v) is 10.4. The van der Waals surface area contributed by atoms with Gasteiger partial charge >= 0.3 is 6.03 Å². The van der Waals surface area contributed by atoms with Crippen LogP contribution in [-0.2, 0) is 0 Å². The number of nitrogens with two attached hydrogens (primary N) is 1. The van der Waals surface area contributed by atoms with E-state index >= 15 is 0 Å². The molecule has 0 aliphatic rings. The Morgan fingerprint density at radius 2 is 1.85 bits per heavy atom. The van der Waals surface area contributed by atoms with Crippen molar-refractivity contribution in [3.8, 4) is 6.07 Å². The molecule has 0 aromatic heterocycles. The van der Waals surface area contributed by atoms with Gasteiger partial charge < -0.3 is 16.4 Å². The molecule has 0 heterocycles. The molecule has 20 heavy (non-hydrogen) atoms. The Labute approximate surface area is 114 Å². The number of halogens is 1. The SMILES string of the molecule is N#Cc1c(F)cccc1NC(=O)Nc1ccc(N)cc1. The number of nitriles is 1. The fourth-order valence-corrected chi connectivity index (χ4v) is 1.59. The molecule has 0 bridgehead atoms. The number of rotatable bonds is 2. The standard InChI is InChI=1S/C14H11FN4O/c15-12-2-1-3-13(11(12)8-16)19-14(20)18-10-6-4-9(17)5-7-10/h1-7H,17H2,(H2,18,19,20). The van der Waals surface area contributed by atoms with Crippen molar-refractivity contribution >= 4 is 23.1 Å². The van der Waals surface area contributed by atoms with E-state index < -0.39 is 11.8 Å². The van der Waals surface area contributed by atoms with E-state index in [0.717, 1.165) is 6.07 Å². The van der Waals surface area contributed by atoms with E-state index in [9.17, 15) is 9.18 Å². The number of hydrogen-bond acceptors (Lipinski definition) is 3. The summed E-state index contributed by atoms with van der Waals surface area (Å²) in [6, 6.07) is 11.7. The van der Waals surface area contributed by atoms with Gasteiger partial charge in [-0.2, -0.15) is 5.26 Å². The summed E-state index contributed by atoms with van der Waals surface area (Å²) in [5, 5.41) is 13.8. The number of urea groups is 1. The molecular formula is C14H11FN4O. The van der Waals surface area contributed by atoms with E-state index in [1.54, 1.807) is 30.3 Å². The zero-order chi connectivity index (χ0) is 14.5. The smallest absolute Gasteiger partial charge is 0.323 e. The first kappa shape index (κ1) is 13.4. The lowest BCUT2D eigenvalue weighted by atomic mass is 10.2. The molecule has 0 unspecified atom stereocenters. The van der Waals surface area contributed by atoms with E-state index in [0.29, 0.717) is 11.4 Å². The van der Waals surface area contributed by atoms with Crippen molar-refractivity contribution in [2.45, 2.75) is 0 Å². The van der Waals surface area contributed by atoms with Crippen molar-refractivity contribution in [2.75, 3.05) is 16.4 Å². The van der Waals surface area contributed by atoms with Gasteiger partial charge in [-0.15, -0.1) is 0 Å². The highest BCUT2D eigenvalue weighted by molar-refractivity contribution is 6.00. The predicted molar refractivity (Wildman–Crippen MR) is 74.6 cm³/mol. The monoisotopic (exact) mass is 270 g/mol. The third-order valence-corrected chi connectivity index (χ3v) is 2.54. The summed E-state index contributed by atoms with van der Waals surface area (Å²) in [7, 11) is 0. The fraction of sp³-hybridized carbons (Fsp3) is 0. The molecule has 0 saturated carbocycles. The number of amides is 2. The Hall–Kier alpha value is -3.07. The van der Waals surface area contributed by atoms with E-state index in [-0.39, 0.29) is 11.3 Å². The van der Waals surface area contributed by atoms with Gasteiger partial charge in [-0.1, -0.05) is 6.07 Å². The van der Waals surface area contributed by atoms with Crippen LogP contribution in [0.3, 0.4) is 0 Å². The number of nitrogens with one attached hydrogen (secondary N) is 2. The molecule has 5 nitrogen and oxygen atoms in total. The van der Waals surface area contributed by atoms with Gasteiger partial charge in [0.15, 0.2) is 0 Å². The van der Waals surface area contributed by atoms with E-state index in [2.05, 4.69) is 10.6 Å². The minimum Gasteiger partial charge on any atom is -0.399 e. The molecular weight excluding hydrogens is 259 g/mol. The van der Waals surface area contributed by atoms with Crippen LogP contribution in [0.4, 0.5) is 26.2 Å². The molecule has 0 radical (unpaired) electrons. The van der Waals surface area contributed by atoms with E-state index in [4.69, 9.17) is 11.0 Å². The molecule has 0 aliphatic carbocycles. The van der Waals surface area contributed by atoms with Gasteiger partial charge in [-0.3, -0.25) is 0 Å². The first-order valence-electron chi connectivity index (χ1n) is 5.72. The summed E-state index contributed by atoms with van der Waals surface area (Å²) in [4.78, 5) is 11.8. The van der Waals surface area contributed by atoms with Gasteiger partial charge in [-0.05, 0) is 36.4 Å². The average molecular weight is 270 g/mol. The lowest BCUT2D eigenvalue weighted by Gasteiger charge is -2.09. The fourth-order valence-electron chi connectivity index (χ4n) is 1.59. The number of carbonyl (C=O) groups is 1. The lowest BCUT2D eigenvalue weighted by molar-refractivity contribution is 0.262. The summed E-state index contributed by atoms with van der Waals surface area (Å²) in [6.45, 7) is 0. The van der Waals surface area contributed by atoms with Gasteiger partial charge in [-0.25, -0.2) is 9.18 Å². The number of hydrogen-bond donors (Lipinski definition) is 3. The van der Waals surface area contributed by atoms with Gasteiger partial charge in [0.2, 0.25) is 0 Å². The highest BCUT2D eigenvalue weighted by Gasteiger charge is 2.10. The highest BCUT2D eigenvalue weighted by Crippen LogP contribution is 2.18. The molecule has 100 valence electrons. The molecule has 0 aliphatic heterocycles. The van der Waals surface area contributed by atoms with Crippen LogP contribution in [0.1, 0.15) is 5.56 Å². The van der Waals surface area contributed by atoms with Crippen LogP contribution in [0, 0.1) is 17.1 Å². The van der Waals surface area contributed by atoms with E-state index in [1.807, 2.05) is 0 Å². The second kappa shape index (κ2) is 5.71.